The molecule has 1 unspecified atom stereocenters. The molecule has 0 aliphatic heterocycles. The van der Waals surface area contributed by atoms with Crippen LogP contribution in [0.1, 0.15) is 12.6 Å². The number of hydrogen-bond acceptors (Lipinski definition) is 5. The van der Waals surface area contributed by atoms with Crippen molar-refractivity contribution >= 4 is 41.0 Å². The predicted molar refractivity (Wildman–Crippen MR) is 91.2 cm³/mol. The number of aliphatic carboxylic acids is 1. The van der Waals surface area contributed by atoms with Crippen LogP contribution in [0.25, 0.3) is 10.9 Å². The fourth-order valence-electron chi connectivity index (χ4n) is 1.93. The number of carboxylic acids is 1. The number of nitrogens with zero attached hydrogens (tertiary/aromatic N) is 1. The third-order valence-electron chi connectivity index (χ3n) is 2.92. The van der Waals surface area contributed by atoms with Crippen molar-refractivity contribution < 1.29 is 14.6 Å². The van der Waals surface area contributed by atoms with E-state index < -0.39 is 12.0 Å². The molecule has 0 fully saturated rings. The molecule has 0 saturated heterocycles. The molecule has 1 heterocycles. The molecule has 1 aromatic heterocycles. The Morgan fingerprint density at radius 3 is 2.82 bits per heavy atom. The number of fused-ring (bicyclic) bond motifs is 1. The largest absolute Gasteiger partial charge is 0.494 e. The van der Waals surface area contributed by atoms with Gasteiger partial charge in [-0.2, -0.15) is 0 Å². The topological polar surface area (TPSA) is 85.4 Å². The number of nitrogens with two attached hydrogens (primary N) is 1. The van der Waals surface area contributed by atoms with Crippen molar-refractivity contribution in [2.24, 2.45) is 5.73 Å². The third-order valence-corrected chi connectivity index (χ3v) is 4.09. The first-order chi connectivity index (χ1) is 10.0. The van der Waals surface area contributed by atoms with E-state index in [0.717, 1.165) is 27.2 Å². The number of halogens is 1. The second-order valence-electron chi connectivity index (χ2n) is 4.63. The van der Waals surface area contributed by atoms with Crippen LogP contribution in [0.15, 0.2) is 29.2 Å². The number of ether oxygens (including phenoxy) is 1. The fourth-order valence-corrected chi connectivity index (χ4v) is 3.00. The van der Waals surface area contributed by atoms with Crippen molar-refractivity contribution in [2.75, 3.05) is 12.4 Å². The maximum Gasteiger partial charge on any atom is 0.321 e. The summed E-state index contributed by atoms with van der Waals surface area (Å²) in [6.45, 7) is 4.44. The van der Waals surface area contributed by atoms with Gasteiger partial charge in [-0.1, -0.05) is 0 Å². The first-order valence-corrected chi connectivity index (χ1v) is 7.65. The van der Waals surface area contributed by atoms with E-state index in [1.54, 1.807) is 0 Å². The van der Waals surface area contributed by atoms with Crippen LogP contribution in [0.2, 0.25) is 0 Å². The number of pyridine rings is 1. The van der Waals surface area contributed by atoms with Crippen molar-refractivity contribution in [3.63, 3.8) is 0 Å². The van der Waals surface area contributed by atoms with Gasteiger partial charge in [0.2, 0.25) is 0 Å². The zero-order chi connectivity index (χ0) is 15.4. The molecule has 0 bridgehead atoms. The summed E-state index contributed by atoms with van der Waals surface area (Å²) in [5.41, 5.74) is 7.32. The molecule has 0 radical (unpaired) electrons. The smallest absolute Gasteiger partial charge is 0.321 e. The van der Waals surface area contributed by atoms with E-state index in [9.17, 15) is 4.79 Å². The summed E-state index contributed by atoms with van der Waals surface area (Å²) in [5.74, 6) is 0.0971. The Labute approximate surface area is 139 Å². The van der Waals surface area contributed by atoms with Gasteiger partial charge in [0.25, 0.3) is 0 Å². The quantitative estimate of drug-likeness (QED) is 0.785. The summed E-state index contributed by atoms with van der Waals surface area (Å²) in [4.78, 5) is 16.3. The van der Waals surface area contributed by atoms with Crippen LogP contribution in [-0.4, -0.2) is 34.5 Å². The molecule has 1 aromatic carbocycles. The Kier molecular flexibility index (Phi) is 6.93. The number of thioether (sulfide) groups is 1. The minimum absolute atomic E-state index is 0. The Bertz CT molecular complexity index is 667. The van der Waals surface area contributed by atoms with Crippen molar-refractivity contribution in [2.45, 2.75) is 24.8 Å². The predicted octanol–water partition coefficient (Wildman–Crippen LogP) is 2.87. The molecular formula is C15H19ClN2O3S. The first kappa shape index (κ1) is 18.5. The summed E-state index contributed by atoms with van der Waals surface area (Å²) in [6.07, 6.45) is 0. The van der Waals surface area contributed by atoms with Gasteiger partial charge in [0, 0.05) is 21.7 Å². The van der Waals surface area contributed by atoms with Crippen LogP contribution in [0.3, 0.4) is 0 Å². The van der Waals surface area contributed by atoms with Gasteiger partial charge in [0.05, 0.1) is 12.1 Å². The lowest BCUT2D eigenvalue weighted by Crippen LogP contribution is -2.32. The Balaban J connectivity index is 0.00000242. The number of hydrogen-bond donors (Lipinski definition) is 2. The fraction of sp³-hybridized carbons (Fsp3) is 0.333. The van der Waals surface area contributed by atoms with E-state index in [1.165, 1.54) is 11.8 Å². The number of carboxylic acid groups (broad SMARTS) is 1. The lowest BCUT2D eigenvalue weighted by atomic mass is 10.2. The average Bonchev–Trinajstić information content (AvgIpc) is 2.44. The molecule has 0 spiro atoms. The molecule has 0 aliphatic rings. The van der Waals surface area contributed by atoms with Crippen LogP contribution >= 0.6 is 24.2 Å². The normalized spacial score (nSPS) is 11.8. The molecular weight excluding hydrogens is 324 g/mol. The van der Waals surface area contributed by atoms with E-state index in [-0.39, 0.29) is 12.4 Å². The lowest BCUT2D eigenvalue weighted by molar-refractivity contribution is -0.137. The van der Waals surface area contributed by atoms with Crippen LogP contribution < -0.4 is 10.5 Å². The van der Waals surface area contributed by atoms with E-state index in [2.05, 4.69) is 4.98 Å². The molecule has 2 aromatic rings. The van der Waals surface area contributed by atoms with Crippen LogP contribution in [-0.2, 0) is 4.79 Å². The summed E-state index contributed by atoms with van der Waals surface area (Å²) in [5, 5.41) is 9.82. The maximum atomic E-state index is 10.8. The molecule has 22 heavy (non-hydrogen) atoms. The highest BCUT2D eigenvalue weighted by atomic mass is 35.5. The highest BCUT2D eigenvalue weighted by Crippen LogP contribution is 2.30. The van der Waals surface area contributed by atoms with Crippen molar-refractivity contribution in [3.8, 4) is 5.75 Å². The van der Waals surface area contributed by atoms with E-state index in [0.29, 0.717) is 12.4 Å². The van der Waals surface area contributed by atoms with Crippen molar-refractivity contribution in [1.29, 1.82) is 0 Å². The van der Waals surface area contributed by atoms with E-state index in [4.69, 9.17) is 15.6 Å². The van der Waals surface area contributed by atoms with Gasteiger partial charge in [-0.15, -0.1) is 24.2 Å². The minimum atomic E-state index is -0.993. The molecule has 0 aliphatic carbocycles. The van der Waals surface area contributed by atoms with Crippen molar-refractivity contribution in [3.05, 3.63) is 30.0 Å². The number of benzene rings is 1. The molecule has 1 atom stereocenters. The summed E-state index contributed by atoms with van der Waals surface area (Å²) in [7, 11) is 0. The molecule has 5 nitrogen and oxygen atoms in total. The Hall–Kier alpha value is -1.50. The second kappa shape index (κ2) is 8.22. The molecule has 120 valence electrons. The molecule has 0 amide bonds. The van der Waals surface area contributed by atoms with Gasteiger partial charge in [0.1, 0.15) is 11.8 Å². The standard InChI is InChI=1S/C15H18N2O3S.ClH/c1-3-20-10-4-5-13-11(7-10)14(6-9(2)17-13)21-8-12(16)15(18)19;/h4-7,12H,3,8,16H2,1-2H3,(H,18,19);1H. The van der Waals surface area contributed by atoms with Crippen molar-refractivity contribution in [1.82, 2.24) is 4.98 Å². The molecule has 3 N–H and O–H groups in total. The van der Waals surface area contributed by atoms with E-state index >= 15 is 0 Å². The monoisotopic (exact) mass is 342 g/mol. The zero-order valence-electron chi connectivity index (χ0n) is 12.4. The number of carbonyl (C=O) groups is 1. The lowest BCUT2D eigenvalue weighted by Gasteiger charge is -2.11. The van der Waals surface area contributed by atoms with Crippen LogP contribution in [0.5, 0.6) is 5.75 Å². The van der Waals surface area contributed by atoms with Gasteiger partial charge in [-0.25, -0.2) is 0 Å². The zero-order valence-corrected chi connectivity index (χ0v) is 14.0. The molecule has 2 rings (SSSR count). The first-order valence-electron chi connectivity index (χ1n) is 6.66. The third kappa shape index (κ3) is 4.50. The van der Waals surface area contributed by atoms with Gasteiger partial charge < -0.3 is 15.6 Å². The van der Waals surface area contributed by atoms with Gasteiger partial charge >= 0.3 is 5.97 Å². The molecule has 7 heteroatoms. The molecule has 0 saturated carbocycles. The van der Waals surface area contributed by atoms with Gasteiger partial charge in [-0.3, -0.25) is 9.78 Å². The number of aromatic nitrogens is 1. The highest BCUT2D eigenvalue weighted by Gasteiger charge is 2.13. The van der Waals surface area contributed by atoms with Gasteiger partial charge in [-0.05, 0) is 38.1 Å². The SMILES string of the molecule is CCOc1ccc2nc(C)cc(SCC(N)C(=O)O)c2c1.Cl. The van der Waals surface area contributed by atoms with Crippen LogP contribution in [0, 0.1) is 6.92 Å². The second-order valence-corrected chi connectivity index (χ2v) is 5.69. The summed E-state index contributed by atoms with van der Waals surface area (Å²) < 4.78 is 5.51. The average molecular weight is 343 g/mol. The minimum Gasteiger partial charge on any atom is -0.494 e. The Morgan fingerprint density at radius 2 is 2.18 bits per heavy atom. The number of aryl methyl sites for hydroxylation is 1. The summed E-state index contributed by atoms with van der Waals surface area (Å²) >= 11 is 1.43. The van der Waals surface area contributed by atoms with E-state index in [1.807, 2.05) is 38.1 Å². The highest BCUT2D eigenvalue weighted by molar-refractivity contribution is 7.99. The number of rotatable bonds is 6. The van der Waals surface area contributed by atoms with Gasteiger partial charge in [0.15, 0.2) is 0 Å². The maximum absolute atomic E-state index is 10.8. The summed E-state index contributed by atoms with van der Waals surface area (Å²) in [6, 6.07) is 6.79. The van der Waals surface area contributed by atoms with Crippen LogP contribution in [0.4, 0.5) is 0 Å². The Morgan fingerprint density at radius 1 is 1.45 bits per heavy atom.